The first-order valence-corrected chi connectivity index (χ1v) is 11.7. The highest BCUT2D eigenvalue weighted by Crippen LogP contribution is 2.29. The first-order valence-electron chi connectivity index (χ1n) is 10.9. The summed E-state index contributed by atoms with van der Waals surface area (Å²) in [6, 6.07) is 5.87. The molecular weight excluding hydrogens is 442 g/mol. The second kappa shape index (κ2) is 7.69. The molecule has 168 valence electrons. The number of H-pyrrole nitrogens is 2. The van der Waals surface area contributed by atoms with E-state index in [1.807, 2.05) is 18.2 Å². The molecule has 0 spiro atoms. The van der Waals surface area contributed by atoms with Crippen molar-refractivity contribution in [1.29, 1.82) is 0 Å². The lowest BCUT2D eigenvalue weighted by atomic mass is 10.3. The van der Waals surface area contributed by atoms with E-state index in [0.717, 1.165) is 24.3 Å². The second-order valence-electron chi connectivity index (χ2n) is 8.50. The van der Waals surface area contributed by atoms with Gasteiger partial charge in [-0.3, -0.25) is 14.8 Å². The van der Waals surface area contributed by atoms with Crippen molar-refractivity contribution in [3.63, 3.8) is 0 Å². The van der Waals surface area contributed by atoms with Crippen LogP contribution >= 0.6 is 11.3 Å². The van der Waals surface area contributed by atoms with Gasteiger partial charge in [0.25, 0.3) is 5.91 Å². The van der Waals surface area contributed by atoms with Gasteiger partial charge in [-0.2, -0.15) is 9.61 Å². The van der Waals surface area contributed by atoms with Gasteiger partial charge < -0.3 is 15.4 Å². The predicted octanol–water partition coefficient (Wildman–Crippen LogP) is 0.930. The second-order valence-corrected chi connectivity index (χ2v) is 9.58. The lowest BCUT2D eigenvalue weighted by Crippen LogP contribution is -2.24. The van der Waals surface area contributed by atoms with Crippen molar-refractivity contribution in [2.75, 3.05) is 6.54 Å². The summed E-state index contributed by atoms with van der Waals surface area (Å²) in [5.41, 5.74) is 1.65. The van der Waals surface area contributed by atoms with Gasteiger partial charge in [-0.1, -0.05) is 0 Å². The summed E-state index contributed by atoms with van der Waals surface area (Å²) in [4.78, 5) is 39.9. The Kier molecular flexibility index (Phi) is 4.64. The minimum absolute atomic E-state index is 0.0626. The summed E-state index contributed by atoms with van der Waals surface area (Å²) in [5.74, 6) is 0.306. The fraction of sp³-hybridized carbons (Fsp3) is 0.318. The van der Waals surface area contributed by atoms with Crippen LogP contribution in [0.4, 0.5) is 0 Å². The van der Waals surface area contributed by atoms with Gasteiger partial charge >= 0.3 is 5.69 Å². The fourth-order valence-corrected chi connectivity index (χ4v) is 4.45. The number of thiophene rings is 1. The molecule has 4 aromatic heterocycles. The Morgan fingerprint density at radius 2 is 2.15 bits per heavy atom. The molecule has 1 amide bonds. The molecule has 0 atom stereocenters. The van der Waals surface area contributed by atoms with Crippen LogP contribution in [0.5, 0.6) is 5.88 Å². The highest BCUT2D eigenvalue weighted by molar-refractivity contribution is 7.17. The molecule has 0 bridgehead atoms. The minimum atomic E-state index is -0.501. The zero-order chi connectivity index (χ0) is 22.5. The minimum Gasteiger partial charge on any atom is -0.493 e. The zero-order valence-electron chi connectivity index (χ0n) is 17.5. The van der Waals surface area contributed by atoms with Crippen LogP contribution in [0.25, 0.3) is 22.3 Å². The van der Waals surface area contributed by atoms with Crippen molar-refractivity contribution < 1.29 is 9.90 Å². The first kappa shape index (κ1) is 19.9. The molecule has 0 aromatic carbocycles. The SMILES string of the molecule is O=C(NCC1CC1)c1ccc(-c2cc(=NC3CC3)n3ncc(=Cc4[nH]c(=O)[nH]c4O)c3n2)s1. The maximum absolute atomic E-state index is 12.5. The van der Waals surface area contributed by atoms with Crippen molar-refractivity contribution in [1.82, 2.24) is 29.9 Å². The molecule has 11 heteroatoms. The van der Waals surface area contributed by atoms with E-state index in [2.05, 4.69) is 20.4 Å². The molecule has 0 saturated heterocycles. The molecule has 33 heavy (non-hydrogen) atoms. The Labute approximate surface area is 190 Å². The summed E-state index contributed by atoms with van der Waals surface area (Å²) in [7, 11) is 0. The predicted molar refractivity (Wildman–Crippen MR) is 122 cm³/mol. The monoisotopic (exact) mass is 463 g/mol. The summed E-state index contributed by atoms with van der Waals surface area (Å²) >= 11 is 1.39. The number of carbonyl (C=O) groups excluding carboxylic acids is 1. The lowest BCUT2D eigenvalue weighted by Gasteiger charge is -2.02. The van der Waals surface area contributed by atoms with Gasteiger partial charge in [0.05, 0.1) is 27.7 Å². The van der Waals surface area contributed by atoms with Crippen molar-refractivity contribution >= 4 is 29.0 Å². The van der Waals surface area contributed by atoms with Crippen LogP contribution in [0, 0.1) is 5.92 Å². The average Bonchev–Trinajstić information content (AvgIpc) is 3.68. The molecule has 6 rings (SSSR count). The standard InChI is InChI=1S/C22H21N7O3S/c30-20-15(27-22(32)28-20)7-12-10-24-29-18(25-13-3-4-13)8-14(26-19(12)29)16-5-6-17(33-16)21(31)23-9-11-1-2-11/h5-8,10-11,13,30H,1-4,9H2,(H,23,31)(H2,27,28,32). The van der Waals surface area contributed by atoms with E-state index in [4.69, 9.17) is 9.98 Å². The van der Waals surface area contributed by atoms with Gasteiger partial charge in [0, 0.05) is 17.8 Å². The average molecular weight is 464 g/mol. The smallest absolute Gasteiger partial charge is 0.326 e. The highest BCUT2D eigenvalue weighted by atomic mass is 32.1. The molecule has 0 aliphatic heterocycles. The first-order chi connectivity index (χ1) is 16.0. The van der Waals surface area contributed by atoms with Crippen LogP contribution < -0.4 is 21.7 Å². The van der Waals surface area contributed by atoms with E-state index >= 15 is 0 Å². The van der Waals surface area contributed by atoms with Crippen LogP contribution in [0.3, 0.4) is 0 Å². The number of hydrogen-bond acceptors (Lipinski definition) is 7. The van der Waals surface area contributed by atoms with Crippen molar-refractivity contribution in [2.24, 2.45) is 10.9 Å². The summed E-state index contributed by atoms with van der Waals surface area (Å²) in [6.45, 7) is 0.726. The molecule has 2 fully saturated rings. The number of rotatable bonds is 6. The number of nitrogens with zero attached hydrogens (tertiary/aromatic N) is 4. The molecule has 2 aliphatic carbocycles. The summed E-state index contributed by atoms with van der Waals surface area (Å²) < 4.78 is 1.66. The van der Waals surface area contributed by atoms with Crippen LogP contribution in [0.2, 0.25) is 0 Å². The number of aromatic nitrogens is 5. The number of aromatic amines is 2. The zero-order valence-corrected chi connectivity index (χ0v) is 18.4. The van der Waals surface area contributed by atoms with Crippen molar-refractivity contribution in [3.05, 3.63) is 56.2 Å². The van der Waals surface area contributed by atoms with E-state index in [0.29, 0.717) is 32.8 Å². The van der Waals surface area contributed by atoms with E-state index < -0.39 is 5.69 Å². The van der Waals surface area contributed by atoms with Crippen LogP contribution in [-0.4, -0.2) is 48.2 Å². The molecule has 10 nitrogen and oxygen atoms in total. The Hall–Kier alpha value is -3.73. The van der Waals surface area contributed by atoms with Gasteiger partial charge in [0.2, 0.25) is 5.88 Å². The van der Waals surface area contributed by atoms with E-state index in [-0.39, 0.29) is 23.5 Å². The van der Waals surface area contributed by atoms with Crippen LogP contribution in [-0.2, 0) is 0 Å². The topological polar surface area (TPSA) is 141 Å². The third-order valence-corrected chi connectivity index (χ3v) is 6.81. The van der Waals surface area contributed by atoms with Gasteiger partial charge in [-0.05, 0) is 49.8 Å². The summed E-state index contributed by atoms with van der Waals surface area (Å²) in [5, 5.41) is 18.0. The Morgan fingerprint density at radius 1 is 1.30 bits per heavy atom. The molecular formula is C22H21N7O3S. The van der Waals surface area contributed by atoms with Gasteiger partial charge in [-0.25, -0.2) is 9.78 Å². The maximum Gasteiger partial charge on any atom is 0.326 e. The Bertz CT molecular complexity index is 1550. The molecule has 0 unspecified atom stereocenters. The number of fused-ring (bicyclic) bond motifs is 1. The number of imidazole rings is 1. The van der Waals surface area contributed by atoms with Crippen molar-refractivity contribution in [3.8, 4) is 16.5 Å². The Morgan fingerprint density at radius 3 is 2.88 bits per heavy atom. The number of aromatic hydroxyl groups is 1. The van der Waals surface area contributed by atoms with Gasteiger partial charge in [-0.15, -0.1) is 11.3 Å². The van der Waals surface area contributed by atoms with Crippen LogP contribution in [0.1, 0.15) is 41.0 Å². The van der Waals surface area contributed by atoms with Crippen LogP contribution in [0.15, 0.2) is 34.2 Å². The van der Waals surface area contributed by atoms with Gasteiger partial charge in [0.1, 0.15) is 5.69 Å². The lowest BCUT2D eigenvalue weighted by molar-refractivity contribution is 0.0956. The fourth-order valence-electron chi connectivity index (χ4n) is 3.57. The van der Waals surface area contributed by atoms with E-state index in [1.165, 1.54) is 24.2 Å². The largest absolute Gasteiger partial charge is 0.493 e. The van der Waals surface area contributed by atoms with E-state index in [1.54, 1.807) is 16.8 Å². The number of carbonyl (C=O) groups is 1. The highest BCUT2D eigenvalue weighted by Gasteiger charge is 2.23. The maximum atomic E-state index is 12.5. The molecule has 2 saturated carbocycles. The molecule has 2 aliphatic rings. The summed E-state index contributed by atoms with van der Waals surface area (Å²) in [6.07, 6.45) is 7.69. The molecule has 0 radical (unpaired) electrons. The Balaban J connectivity index is 1.44. The molecule has 4 N–H and O–H groups in total. The van der Waals surface area contributed by atoms with E-state index in [9.17, 15) is 14.7 Å². The number of hydrogen-bond donors (Lipinski definition) is 4. The third-order valence-electron chi connectivity index (χ3n) is 5.71. The number of amides is 1. The van der Waals surface area contributed by atoms with Gasteiger partial charge in [0.15, 0.2) is 11.1 Å². The normalized spacial score (nSPS) is 17.2. The third kappa shape index (κ3) is 4.07. The molecule has 4 heterocycles. The quantitative estimate of drug-likeness (QED) is 0.337. The molecule has 4 aromatic rings. The number of nitrogens with one attached hydrogen (secondary N) is 3. The van der Waals surface area contributed by atoms with Crippen molar-refractivity contribution in [2.45, 2.75) is 31.7 Å².